The maximum Gasteiger partial charge on any atom is 0.241 e. The van der Waals surface area contributed by atoms with E-state index in [1.807, 2.05) is 0 Å². The molecule has 1 heterocycles. The summed E-state index contributed by atoms with van der Waals surface area (Å²) in [6, 6.07) is 12.2. The second-order valence-electron chi connectivity index (χ2n) is 5.78. The van der Waals surface area contributed by atoms with Gasteiger partial charge in [0.15, 0.2) is 0 Å². The first-order valence-corrected chi connectivity index (χ1v) is 9.49. The highest BCUT2D eigenvalue weighted by Gasteiger charge is 2.16. The molecule has 2 aromatic carbocycles. The Morgan fingerprint density at radius 2 is 1.93 bits per heavy atom. The monoisotopic (exact) mass is 388 g/mol. The van der Waals surface area contributed by atoms with Crippen LogP contribution in [-0.4, -0.2) is 30.7 Å². The van der Waals surface area contributed by atoms with E-state index in [2.05, 4.69) is 15.1 Å². The van der Waals surface area contributed by atoms with Gasteiger partial charge in [-0.1, -0.05) is 0 Å². The highest BCUT2D eigenvalue weighted by molar-refractivity contribution is 7.89. The number of aromatic nitrogens is 2. The Morgan fingerprint density at radius 3 is 2.56 bits per heavy atom. The number of hydrogen-bond donors (Lipinski definition) is 2. The van der Waals surface area contributed by atoms with Gasteiger partial charge in [-0.2, -0.15) is 5.10 Å². The lowest BCUT2D eigenvalue weighted by molar-refractivity contribution is -0.115. The third kappa shape index (κ3) is 4.57. The van der Waals surface area contributed by atoms with Gasteiger partial charge < -0.3 is 5.32 Å². The molecule has 7 nitrogen and oxygen atoms in total. The summed E-state index contributed by atoms with van der Waals surface area (Å²) in [5.74, 6) is -1.02. The number of benzene rings is 2. The minimum absolute atomic E-state index is 0.0993. The second kappa shape index (κ2) is 7.68. The number of amides is 1. The number of rotatable bonds is 6. The lowest BCUT2D eigenvalue weighted by atomic mass is 10.2. The molecule has 27 heavy (non-hydrogen) atoms. The van der Waals surface area contributed by atoms with Gasteiger partial charge in [0.2, 0.25) is 15.9 Å². The molecule has 1 amide bonds. The third-order valence-electron chi connectivity index (χ3n) is 3.78. The molecule has 140 valence electrons. The number of halogens is 1. The largest absolute Gasteiger partial charge is 0.325 e. The molecule has 2 N–H and O–H groups in total. The van der Waals surface area contributed by atoms with Crippen LogP contribution in [0.1, 0.15) is 5.56 Å². The van der Waals surface area contributed by atoms with E-state index in [0.29, 0.717) is 5.69 Å². The van der Waals surface area contributed by atoms with E-state index in [1.165, 1.54) is 13.0 Å². The fourth-order valence-corrected chi connectivity index (χ4v) is 3.42. The molecule has 3 aromatic rings. The summed E-state index contributed by atoms with van der Waals surface area (Å²) < 4.78 is 41.6. The van der Waals surface area contributed by atoms with Gasteiger partial charge >= 0.3 is 0 Å². The minimum Gasteiger partial charge on any atom is -0.325 e. The lowest BCUT2D eigenvalue weighted by Gasteiger charge is -2.09. The van der Waals surface area contributed by atoms with Crippen LogP contribution in [0.3, 0.4) is 0 Å². The van der Waals surface area contributed by atoms with Crippen molar-refractivity contribution in [1.82, 2.24) is 14.5 Å². The number of sulfonamides is 1. The second-order valence-corrected chi connectivity index (χ2v) is 7.55. The molecular weight excluding hydrogens is 371 g/mol. The molecular formula is C18H17FN4O3S. The number of aryl methyl sites for hydroxylation is 1. The number of anilines is 1. The first kappa shape index (κ1) is 18.7. The summed E-state index contributed by atoms with van der Waals surface area (Å²) in [7, 11) is -3.91. The number of carbonyl (C=O) groups excluding carboxylic acids is 1. The third-order valence-corrected chi connectivity index (χ3v) is 5.18. The van der Waals surface area contributed by atoms with Crippen molar-refractivity contribution in [2.24, 2.45) is 0 Å². The molecule has 3 rings (SSSR count). The SMILES string of the molecule is Cc1cc(S(=O)(=O)NCC(=O)Nc2ccc(-n3cccn3)cc2)ccc1F. The Morgan fingerprint density at radius 1 is 1.19 bits per heavy atom. The van der Waals surface area contributed by atoms with Crippen molar-refractivity contribution >= 4 is 21.6 Å². The van der Waals surface area contributed by atoms with Crippen LogP contribution in [0.15, 0.2) is 65.8 Å². The zero-order chi connectivity index (χ0) is 19.4. The topological polar surface area (TPSA) is 93.1 Å². The van der Waals surface area contributed by atoms with Crippen LogP contribution in [0.4, 0.5) is 10.1 Å². The van der Waals surface area contributed by atoms with Crippen molar-refractivity contribution in [3.8, 4) is 5.69 Å². The maximum atomic E-state index is 13.3. The normalized spacial score (nSPS) is 11.3. The van der Waals surface area contributed by atoms with E-state index in [4.69, 9.17) is 0 Å². The van der Waals surface area contributed by atoms with E-state index in [0.717, 1.165) is 17.8 Å². The van der Waals surface area contributed by atoms with E-state index >= 15 is 0 Å². The smallest absolute Gasteiger partial charge is 0.241 e. The molecule has 0 aliphatic carbocycles. The van der Waals surface area contributed by atoms with Crippen LogP contribution in [0.25, 0.3) is 5.69 Å². The van der Waals surface area contributed by atoms with Crippen molar-refractivity contribution in [3.63, 3.8) is 0 Å². The quantitative estimate of drug-likeness (QED) is 0.677. The molecule has 0 saturated heterocycles. The van der Waals surface area contributed by atoms with E-state index in [-0.39, 0.29) is 10.5 Å². The van der Waals surface area contributed by atoms with Crippen molar-refractivity contribution < 1.29 is 17.6 Å². The molecule has 0 unspecified atom stereocenters. The molecule has 0 saturated carbocycles. The molecule has 0 radical (unpaired) electrons. The molecule has 0 fully saturated rings. The van der Waals surface area contributed by atoms with Gasteiger partial charge in [-0.25, -0.2) is 22.2 Å². The summed E-state index contributed by atoms with van der Waals surface area (Å²) in [6.45, 7) is 1.02. The van der Waals surface area contributed by atoms with E-state index < -0.39 is 28.3 Å². The predicted octanol–water partition coefficient (Wildman–Crippen LogP) is 2.24. The number of hydrogen-bond acceptors (Lipinski definition) is 4. The van der Waals surface area contributed by atoms with Gasteiger partial charge in [0.25, 0.3) is 0 Å². The predicted molar refractivity (Wildman–Crippen MR) is 98.5 cm³/mol. The summed E-state index contributed by atoms with van der Waals surface area (Å²) in [5, 5.41) is 6.71. The molecule has 0 aliphatic heterocycles. The Hall–Kier alpha value is -3.04. The molecule has 0 spiro atoms. The maximum absolute atomic E-state index is 13.3. The zero-order valence-corrected chi connectivity index (χ0v) is 15.2. The van der Waals surface area contributed by atoms with Crippen molar-refractivity contribution in [2.45, 2.75) is 11.8 Å². The molecule has 9 heteroatoms. The fraction of sp³-hybridized carbons (Fsp3) is 0.111. The highest BCUT2D eigenvalue weighted by atomic mass is 32.2. The number of nitrogens with zero attached hydrogens (tertiary/aromatic N) is 2. The average molecular weight is 388 g/mol. The van der Waals surface area contributed by atoms with Gasteiger partial charge in [-0.15, -0.1) is 0 Å². The Labute approximate surface area is 155 Å². The van der Waals surface area contributed by atoms with Gasteiger partial charge in [-0.05, 0) is 61.0 Å². The molecule has 1 aromatic heterocycles. The van der Waals surface area contributed by atoms with Crippen LogP contribution in [0, 0.1) is 12.7 Å². The Kier molecular flexibility index (Phi) is 5.33. The number of nitrogens with one attached hydrogen (secondary N) is 2. The van der Waals surface area contributed by atoms with Gasteiger partial charge in [0, 0.05) is 18.1 Å². The van der Waals surface area contributed by atoms with Crippen LogP contribution in [-0.2, 0) is 14.8 Å². The highest BCUT2D eigenvalue weighted by Crippen LogP contribution is 2.15. The average Bonchev–Trinajstić information content (AvgIpc) is 3.18. The number of carbonyl (C=O) groups is 1. The molecule has 0 atom stereocenters. The summed E-state index contributed by atoms with van der Waals surface area (Å²) in [5.41, 5.74) is 1.55. The Bertz CT molecular complexity index is 1050. The lowest BCUT2D eigenvalue weighted by Crippen LogP contribution is -2.33. The standard InChI is InChI=1S/C18H17FN4O3S/c1-13-11-16(7-8-17(13)19)27(25,26)21-12-18(24)22-14-3-5-15(6-4-14)23-10-2-9-20-23/h2-11,21H,12H2,1H3,(H,22,24). The fourth-order valence-electron chi connectivity index (χ4n) is 2.35. The van der Waals surface area contributed by atoms with Crippen LogP contribution < -0.4 is 10.0 Å². The first-order chi connectivity index (χ1) is 12.8. The van der Waals surface area contributed by atoms with Gasteiger partial charge in [0.1, 0.15) is 5.82 Å². The van der Waals surface area contributed by atoms with Gasteiger partial charge in [0.05, 0.1) is 17.1 Å². The van der Waals surface area contributed by atoms with E-state index in [1.54, 1.807) is 47.4 Å². The van der Waals surface area contributed by atoms with E-state index in [9.17, 15) is 17.6 Å². The van der Waals surface area contributed by atoms with Gasteiger partial charge in [-0.3, -0.25) is 4.79 Å². The Balaban J connectivity index is 1.59. The van der Waals surface area contributed by atoms with Crippen molar-refractivity contribution in [2.75, 3.05) is 11.9 Å². The van der Waals surface area contributed by atoms with Crippen LogP contribution >= 0.6 is 0 Å². The summed E-state index contributed by atoms with van der Waals surface area (Å²) in [4.78, 5) is 11.9. The zero-order valence-electron chi connectivity index (χ0n) is 14.4. The molecule has 0 bridgehead atoms. The van der Waals surface area contributed by atoms with Crippen molar-refractivity contribution in [1.29, 1.82) is 0 Å². The van der Waals surface area contributed by atoms with Crippen LogP contribution in [0.5, 0.6) is 0 Å². The summed E-state index contributed by atoms with van der Waals surface area (Å²) >= 11 is 0. The summed E-state index contributed by atoms with van der Waals surface area (Å²) in [6.07, 6.45) is 3.45. The van der Waals surface area contributed by atoms with Crippen LogP contribution in [0.2, 0.25) is 0 Å². The molecule has 0 aliphatic rings. The van der Waals surface area contributed by atoms with Crippen molar-refractivity contribution in [3.05, 3.63) is 72.3 Å². The minimum atomic E-state index is -3.91. The first-order valence-electron chi connectivity index (χ1n) is 8.01.